The van der Waals surface area contributed by atoms with Crippen molar-refractivity contribution in [1.29, 1.82) is 0 Å². The van der Waals surface area contributed by atoms with Gasteiger partial charge in [0.1, 0.15) is 12.4 Å². The number of fused-ring (bicyclic) bond motifs is 5. The number of hydrazone groups is 1. The zero-order chi connectivity index (χ0) is 19.4. The Morgan fingerprint density at radius 1 is 1.10 bits per heavy atom. The molecule has 4 aliphatic rings. The molecule has 29 heavy (non-hydrogen) atoms. The Hall–Kier alpha value is -2.64. The summed E-state index contributed by atoms with van der Waals surface area (Å²) < 4.78 is 6.07. The van der Waals surface area contributed by atoms with Crippen molar-refractivity contribution < 1.29 is 4.74 Å². The van der Waals surface area contributed by atoms with Crippen molar-refractivity contribution >= 4 is 17.7 Å². The molecule has 1 aromatic heterocycles. The summed E-state index contributed by atoms with van der Waals surface area (Å²) in [6.07, 6.45) is 6.89. The topological polar surface area (TPSA) is 65.0 Å². The molecule has 2 aromatic rings. The summed E-state index contributed by atoms with van der Waals surface area (Å²) in [6, 6.07) is 12.6. The van der Waals surface area contributed by atoms with Gasteiger partial charge in [-0.05, 0) is 61.1 Å². The van der Waals surface area contributed by atoms with Gasteiger partial charge in [0, 0.05) is 37.0 Å². The van der Waals surface area contributed by atoms with Crippen molar-refractivity contribution in [2.45, 2.75) is 50.4 Å². The number of nitrogens with one attached hydrogen (secondary N) is 2. The minimum Gasteiger partial charge on any atom is -0.472 e. The maximum Gasteiger partial charge on any atom is 0.223 e. The lowest BCUT2D eigenvalue weighted by Gasteiger charge is -2.36. The third-order valence-electron chi connectivity index (χ3n) is 6.72. The largest absolute Gasteiger partial charge is 0.472 e. The number of aromatic nitrogens is 1. The lowest BCUT2D eigenvalue weighted by Crippen LogP contribution is -2.47. The van der Waals surface area contributed by atoms with Crippen molar-refractivity contribution in [2.24, 2.45) is 5.10 Å². The highest BCUT2D eigenvalue weighted by molar-refractivity contribution is 5.77. The van der Waals surface area contributed by atoms with Crippen LogP contribution >= 0.6 is 0 Å². The molecular formula is C22H26N6O. The van der Waals surface area contributed by atoms with Gasteiger partial charge in [-0.3, -0.25) is 0 Å². The van der Waals surface area contributed by atoms with E-state index in [0.29, 0.717) is 24.7 Å². The highest BCUT2D eigenvalue weighted by Gasteiger charge is 2.35. The maximum atomic E-state index is 6.07. The van der Waals surface area contributed by atoms with E-state index in [1.165, 1.54) is 31.2 Å². The standard InChI is InChI=1S/C22H26N6O/c1-27(18-11-15-2-3-16(12-18)25-15)21-7-6-20-19-5-4-17(28-23-8-9-24-28)10-14(19)13-29-22(20)26-21/h4-8,10,15-16,18,24-25H,2-3,9,11-13H2,1H3. The molecule has 2 N–H and O–H groups in total. The second kappa shape index (κ2) is 6.71. The quantitative estimate of drug-likeness (QED) is 0.840. The van der Waals surface area contributed by atoms with Crippen LogP contribution in [-0.2, 0) is 6.61 Å². The SMILES string of the molecule is CN(c1ccc2c(n1)OCc1cc(N3N=CCN3)ccc1-2)C1CC2CCC(C1)N2. The Bertz CT molecular complexity index is 964. The van der Waals surface area contributed by atoms with Crippen molar-refractivity contribution in [3.8, 4) is 17.0 Å². The summed E-state index contributed by atoms with van der Waals surface area (Å²) >= 11 is 0. The highest BCUT2D eigenvalue weighted by atomic mass is 16.5. The summed E-state index contributed by atoms with van der Waals surface area (Å²) in [4.78, 5) is 7.25. The summed E-state index contributed by atoms with van der Waals surface area (Å²) in [6.45, 7) is 1.29. The molecule has 6 rings (SSSR count). The van der Waals surface area contributed by atoms with Crippen LogP contribution in [0.15, 0.2) is 35.4 Å². The van der Waals surface area contributed by atoms with E-state index in [1.807, 2.05) is 6.21 Å². The van der Waals surface area contributed by atoms with Gasteiger partial charge in [0.2, 0.25) is 5.88 Å². The van der Waals surface area contributed by atoms with E-state index >= 15 is 0 Å². The molecule has 0 spiro atoms. The fraction of sp³-hybridized carbons (Fsp3) is 0.455. The van der Waals surface area contributed by atoms with Crippen molar-refractivity contribution in [2.75, 3.05) is 23.6 Å². The molecular weight excluding hydrogens is 364 g/mol. The van der Waals surface area contributed by atoms with Crippen LogP contribution in [0.1, 0.15) is 31.2 Å². The number of rotatable bonds is 3. The van der Waals surface area contributed by atoms with E-state index in [-0.39, 0.29) is 0 Å². The molecule has 1 aromatic carbocycles. The lowest BCUT2D eigenvalue weighted by molar-refractivity contribution is 0.289. The first kappa shape index (κ1) is 17.2. The van der Waals surface area contributed by atoms with Crippen molar-refractivity contribution in [3.63, 3.8) is 0 Å². The van der Waals surface area contributed by atoms with Crippen molar-refractivity contribution in [1.82, 2.24) is 15.7 Å². The zero-order valence-electron chi connectivity index (χ0n) is 16.6. The second-order valence-electron chi connectivity index (χ2n) is 8.50. The molecule has 2 bridgehead atoms. The molecule has 0 saturated carbocycles. The number of piperidine rings is 1. The maximum absolute atomic E-state index is 6.07. The van der Waals surface area contributed by atoms with Crippen LogP contribution < -0.4 is 25.5 Å². The average molecular weight is 390 g/mol. The molecule has 2 atom stereocenters. The number of nitrogens with zero attached hydrogens (tertiary/aromatic N) is 4. The van der Waals surface area contributed by atoms with Crippen LogP contribution in [0.25, 0.3) is 11.1 Å². The molecule has 2 unspecified atom stereocenters. The van der Waals surface area contributed by atoms with Gasteiger partial charge in [-0.1, -0.05) is 6.07 Å². The van der Waals surface area contributed by atoms with E-state index in [4.69, 9.17) is 9.72 Å². The molecule has 5 heterocycles. The predicted octanol–water partition coefficient (Wildman–Crippen LogP) is 2.67. The molecule has 4 aliphatic heterocycles. The number of hydrogen-bond donors (Lipinski definition) is 2. The van der Waals surface area contributed by atoms with Crippen LogP contribution in [0.4, 0.5) is 11.5 Å². The van der Waals surface area contributed by atoms with Crippen LogP contribution in [0.3, 0.4) is 0 Å². The summed E-state index contributed by atoms with van der Waals surface area (Å²) in [5, 5.41) is 9.85. The lowest BCUT2D eigenvalue weighted by atomic mass is 9.97. The number of anilines is 2. The minimum atomic E-state index is 0.533. The summed E-state index contributed by atoms with van der Waals surface area (Å²) in [5.41, 5.74) is 7.66. The van der Waals surface area contributed by atoms with Gasteiger partial charge >= 0.3 is 0 Å². The van der Waals surface area contributed by atoms with Crippen LogP contribution in [0.5, 0.6) is 5.88 Å². The number of ether oxygens (including phenoxy) is 1. The van der Waals surface area contributed by atoms with Gasteiger partial charge in [-0.25, -0.2) is 5.43 Å². The van der Waals surface area contributed by atoms with Crippen LogP contribution in [0, 0.1) is 0 Å². The first-order valence-corrected chi connectivity index (χ1v) is 10.6. The van der Waals surface area contributed by atoms with E-state index in [2.05, 4.69) is 58.1 Å². The van der Waals surface area contributed by atoms with E-state index in [0.717, 1.165) is 35.1 Å². The van der Waals surface area contributed by atoms with E-state index in [9.17, 15) is 0 Å². The normalized spacial score (nSPS) is 26.8. The molecule has 7 nitrogen and oxygen atoms in total. The first-order chi connectivity index (χ1) is 14.2. The Morgan fingerprint density at radius 2 is 1.93 bits per heavy atom. The smallest absolute Gasteiger partial charge is 0.223 e. The highest BCUT2D eigenvalue weighted by Crippen LogP contribution is 2.40. The molecule has 0 aliphatic carbocycles. The molecule has 150 valence electrons. The van der Waals surface area contributed by atoms with Gasteiger partial charge in [0.05, 0.1) is 12.2 Å². The Labute approximate surface area is 170 Å². The van der Waals surface area contributed by atoms with Gasteiger partial charge in [-0.15, -0.1) is 0 Å². The van der Waals surface area contributed by atoms with E-state index in [1.54, 1.807) is 5.12 Å². The van der Waals surface area contributed by atoms with Crippen LogP contribution in [0.2, 0.25) is 0 Å². The number of benzene rings is 1. The monoisotopic (exact) mass is 390 g/mol. The molecule has 7 heteroatoms. The molecule has 0 amide bonds. The molecule has 2 fully saturated rings. The van der Waals surface area contributed by atoms with Crippen LogP contribution in [-0.4, -0.2) is 42.9 Å². The number of hydrogen-bond acceptors (Lipinski definition) is 7. The zero-order valence-corrected chi connectivity index (χ0v) is 16.6. The van der Waals surface area contributed by atoms with Crippen molar-refractivity contribution in [3.05, 3.63) is 35.9 Å². The number of hydrazine groups is 1. The average Bonchev–Trinajstić information content (AvgIpc) is 3.42. The van der Waals surface area contributed by atoms with E-state index < -0.39 is 0 Å². The molecule has 2 saturated heterocycles. The van der Waals surface area contributed by atoms with Gasteiger partial charge in [0.15, 0.2) is 0 Å². The minimum absolute atomic E-state index is 0.533. The summed E-state index contributed by atoms with van der Waals surface area (Å²) in [7, 11) is 2.18. The summed E-state index contributed by atoms with van der Waals surface area (Å²) in [5.74, 6) is 1.74. The first-order valence-electron chi connectivity index (χ1n) is 10.6. The predicted molar refractivity (Wildman–Crippen MR) is 114 cm³/mol. The molecule has 0 radical (unpaired) electrons. The fourth-order valence-electron chi connectivity index (χ4n) is 5.16. The second-order valence-corrected chi connectivity index (χ2v) is 8.50. The Kier molecular flexibility index (Phi) is 3.99. The van der Waals surface area contributed by atoms with Gasteiger partial charge < -0.3 is 15.0 Å². The fourth-order valence-corrected chi connectivity index (χ4v) is 5.16. The van der Waals surface area contributed by atoms with Gasteiger partial charge in [-0.2, -0.15) is 15.2 Å². The third kappa shape index (κ3) is 2.96. The van der Waals surface area contributed by atoms with Gasteiger partial charge in [0.25, 0.3) is 0 Å². The Morgan fingerprint density at radius 3 is 2.72 bits per heavy atom. The Balaban J connectivity index is 1.27. The third-order valence-corrected chi connectivity index (χ3v) is 6.72. The number of pyridine rings is 1.